The van der Waals surface area contributed by atoms with Gasteiger partial charge in [-0.2, -0.15) is 0 Å². The Bertz CT molecular complexity index is 473. The van der Waals surface area contributed by atoms with E-state index in [1.165, 1.54) is 6.08 Å². The van der Waals surface area contributed by atoms with Gasteiger partial charge in [-0.15, -0.1) is 6.58 Å². The van der Waals surface area contributed by atoms with Crippen molar-refractivity contribution in [3.63, 3.8) is 0 Å². The van der Waals surface area contributed by atoms with Crippen LogP contribution in [0, 0.1) is 5.82 Å². The van der Waals surface area contributed by atoms with Crippen molar-refractivity contribution in [3.8, 4) is 0 Å². The normalized spacial score (nSPS) is 13.0. The van der Waals surface area contributed by atoms with Gasteiger partial charge in [0.15, 0.2) is 5.82 Å². The van der Waals surface area contributed by atoms with Crippen LogP contribution in [0.5, 0.6) is 0 Å². The topological polar surface area (TPSA) is 41.8 Å². The number of nitrogens with one attached hydrogen (secondary N) is 1. The maximum atomic E-state index is 13.7. The summed E-state index contributed by atoms with van der Waals surface area (Å²) in [5, 5.41) is 0.569. The van der Waals surface area contributed by atoms with Gasteiger partial charge in [0.1, 0.15) is 0 Å². The molecule has 0 bridgehead atoms. The van der Waals surface area contributed by atoms with Crippen LogP contribution in [0.15, 0.2) is 36.9 Å². The first-order valence-corrected chi connectivity index (χ1v) is 4.38. The summed E-state index contributed by atoms with van der Waals surface area (Å²) in [5.74, 6) is -0.284. The van der Waals surface area contributed by atoms with Gasteiger partial charge in [0.2, 0.25) is 0 Å². The van der Waals surface area contributed by atoms with Crippen LogP contribution in [0.1, 0.15) is 11.7 Å². The van der Waals surface area contributed by atoms with Crippen molar-refractivity contribution in [1.29, 1.82) is 0 Å². The summed E-state index contributed by atoms with van der Waals surface area (Å²) in [6, 6.07) is 6.70. The Morgan fingerprint density at radius 2 is 2.14 bits per heavy atom. The van der Waals surface area contributed by atoms with Gasteiger partial charge in [-0.05, 0) is 12.1 Å². The molecule has 14 heavy (non-hydrogen) atoms. The number of benzene rings is 1. The number of hydrogen-bond acceptors (Lipinski definition) is 1. The number of fused-ring (bicyclic) bond motifs is 1. The number of H-pyrrole nitrogens is 1. The van der Waals surface area contributed by atoms with E-state index in [2.05, 4.69) is 11.6 Å². The largest absolute Gasteiger partial charge is 0.354 e. The Balaban J connectivity index is 2.68. The zero-order valence-corrected chi connectivity index (χ0v) is 7.63. The summed E-state index contributed by atoms with van der Waals surface area (Å²) in [5.41, 5.74) is 6.82. The van der Waals surface area contributed by atoms with Crippen molar-refractivity contribution in [2.75, 3.05) is 0 Å². The zero-order valence-electron chi connectivity index (χ0n) is 7.63. The molecule has 3 heteroatoms. The number of aromatic nitrogens is 1. The third-order valence-electron chi connectivity index (χ3n) is 2.26. The van der Waals surface area contributed by atoms with Crippen molar-refractivity contribution in [2.24, 2.45) is 5.73 Å². The zero-order chi connectivity index (χ0) is 10.1. The summed E-state index contributed by atoms with van der Waals surface area (Å²) in [7, 11) is 0. The first-order chi connectivity index (χ1) is 6.74. The molecule has 72 valence electrons. The first-order valence-electron chi connectivity index (χ1n) is 4.38. The van der Waals surface area contributed by atoms with Gasteiger partial charge in [-0.1, -0.05) is 18.2 Å². The highest BCUT2D eigenvalue weighted by molar-refractivity contribution is 5.81. The van der Waals surface area contributed by atoms with Crippen LogP contribution in [0.2, 0.25) is 0 Å². The Morgan fingerprint density at radius 3 is 2.79 bits per heavy atom. The smallest absolute Gasteiger partial charge is 0.153 e. The Kier molecular flexibility index (Phi) is 2.09. The molecule has 1 aromatic carbocycles. The molecule has 3 N–H and O–H groups in total. The second-order valence-corrected chi connectivity index (χ2v) is 3.16. The van der Waals surface area contributed by atoms with E-state index < -0.39 is 6.04 Å². The maximum Gasteiger partial charge on any atom is 0.153 e. The number of halogens is 1. The van der Waals surface area contributed by atoms with Crippen LogP contribution in [0.4, 0.5) is 4.39 Å². The molecule has 0 aliphatic carbocycles. The van der Waals surface area contributed by atoms with Gasteiger partial charge in [0, 0.05) is 10.9 Å². The Hall–Kier alpha value is -1.61. The van der Waals surface area contributed by atoms with E-state index in [-0.39, 0.29) is 5.82 Å². The third-order valence-corrected chi connectivity index (χ3v) is 2.26. The van der Waals surface area contributed by atoms with E-state index in [1.54, 1.807) is 12.1 Å². The molecule has 0 amide bonds. The van der Waals surface area contributed by atoms with Gasteiger partial charge >= 0.3 is 0 Å². The highest BCUT2D eigenvalue weighted by Crippen LogP contribution is 2.24. The summed E-state index contributed by atoms with van der Waals surface area (Å²) >= 11 is 0. The summed E-state index contributed by atoms with van der Waals surface area (Å²) < 4.78 is 13.7. The third kappa shape index (κ3) is 1.22. The molecule has 0 saturated heterocycles. The van der Waals surface area contributed by atoms with Gasteiger partial charge in [-0.25, -0.2) is 4.39 Å². The van der Waals surface area contributed by atoms with E-state index >= 15 is 0 Å². The minimum Gasteiger partial charge on any atom is -0.354 e. The molecule has 0 radical (unpaired) electrons. The summed E-state index contributed by atoms with van der Waals surface area (Å²) in [6.07, 6.45) is 1.51. The second kappa shape index (κ2) is 3.27. The molecule has 1 heterocycles. The fourth-order valence-corrected chi connectivity index (χ4v) is 1.48. The maximum absolute atomic E-state index is 13.7. The highest BCUT2D eigenvalue weighted by atomic mass is 19.1. The lowest BCUT2D eigenvalue weighted by atomic mass is 10.2. The summed E-state index contributed by atoms with van der Waals surface area (Å²) in [6.45, 7) is 3.54. The van der Waals surface area contributed by atoms with Crippen molar-refractivity contribution >= 4 is 10.9 Å². The standard InChI is InChI=1S/C11H11FN2/c1-2-8(13)11-10(12)7-5-3-4-6-9(7)14-11/h2-6,8,14H,1,13H2. The quantitative estimate of drug-likeness (QED) is 0.702. The molecule has 2 aromatic rings. The monoisotopic (exact) mass is 190 g/mol. The first kappa shape index (κ1) is 8.97. The van der Waals surface area contributed by atoms with Crippen LogP contribution >= 0.6 is 0 Å². The molecule has 2 nitrogen and oxygen atoms in total. The number of hydrogen-bond donors (Lipinski definition) is 2. The minimum absolute atomic E-state index is 0.284. The lowest BCUT2D eigenvalue weighted by Crippen LogP contribution is -2.08. The van der Waals surface area contributed by atoms with E-state index in [9.17, 15) is 4.39 Å². The van der Waals surface area contributed by atoms with Crippen LogP contribution in [-0.4, -0.2) is 4.98 Å². The molecule has 0 fully saturated rings. The Labute approximate surface area is 81.2 Å². The average molecular weight is 190 g/mol. The van der Waals surface area contributed by atoms with Crippen molar-refractivity contribution in [2.45, 2.75) is 6.04 Å². The lowest BCUT2D eigenvalue weighted by molar-refractivity contribution is 0.610. The van der Waals surface area contributed by atoms with Crippen LogP contribution < -0.4 is 5.73 Å². The number of aromatic amines is 1. The molecule has 0 aliphatic heterocycles. The summed E-state index contributed by atoms with van der Waals surface area (Å²) in [4.78, 5) is 2.94. The minimum atomic E-state index is -0.484. The van der Waals surface area contributed by atoms with Gasteiger partial charge < -0.3 is 10.7 Å². The van der Waals surface area contributed by atoms with Crippen LogP contribution in [0.3, 0.4) is 0 Å². The number of rotatable bonds is 2. The van der Waals surface area contributed by atoms with E-state index in [0.29, 0.717) is 11.1 Å². The number of nitrogens with two attached hydrogens (primary N) is 1. The van der Waals surface area contributed by atoms with Gasteiger partial charge in [0.05, 0.1) is 11.7 Å². The molecular formula is C11H11FN2. The molecule has 1 unspecified atom stereocenters. The fourth-order valence-electron chi connectivity index (χ4n) is 1.48. The van der Waals surface area contributed by atoms with E-state index in [1.807, 2.05) is 12.1 Å². The van der Waals surface area contributed by atoms with E-state index in [4.69, 9.17) is 5.73 Å². The lowest BCUT2D eigenvalue weighted by Gasteiger charge is -2.01. The average Bonchev–Trinajstić information content (AvgIpc) is 2.56. The molecule has 0 saturated carbocycles. The predicted octanol–water partition coefficient (Wildman–Crippen LogP) is 2.49. The van der Waals surface area contributed by atoms with E-state index in [0.717, 1.165) is 5.52 Å². The van der Waals surface area contributed by atoms with Crippen molar-refractivity contribution < 1.29 is 4.39 Å². The molecule has 2 rings (SSSR count). The molecule has 1 atom stereocenters. The number of para-hydroxylation sites is 1. The molecule has 0 aliphatic rings. The SMILES string of the molecule is C=CC(N)c1[nH]c2ccccc2c1F. The van der Waals surface area contributed by atoms with Crippen LogP contribution in [-0.2, 0) is 0 Å². The van der Waals surface area contributed by atoms with Crippen molar-refractivity contribution in [3.05, 3.63) is 48.4 Å². The molecular weight excluding hydrogens is 179 g/mol. The van der Waals surface area contributed by atoms with Crippen molar-refractivity contribution in [1.82, 2.24) is 4.98 Å². The van der Waals surface area contributed by atoms with Gasteiger partial charge in [-0.3, -0.25) is 0 Å². The highest BCUT2D eigenvalue weighted by Gasteiger charge is 2.14. The molecule has 0 spiro atoms. The molecule has 1 aromatic heterocycles. The predicted molar refractivity (Wildman–Crippen MR) is 55.4 cm³/mol. The second-order valence-electron chi connectivity index (χ2n) is 3.16. The fraction of sp³-hybridized carbons (Fsp3) is 0.0909. The van der Waals surface area contributed by atoms with Gasteiger partial charge in [0.25, 0.3) is 0 Å². The Morgan fingerprint density at radius 1 is 1.43 bits per heavy atom. The van der Waals surface area contributed by atoms with Crippen LogP contribution in [0.25, 0.3) is 10.9 Å².